The number of aryl methyl sites for hydroxylation is 1. The lowest BCUT2D eigenvalue weighted by Gasteiger charge is -2.07. The molecule has 0 aliphatic rings. The van der Waals surface area contributed by atoms with E-state index in [9.17, 15) is 0 Å². The third-order valence-electron chi connectivity index (χ3n) is 2.33. The Morgan fingerprint density at radius 1 is 1.28 bits per heavy atom. The van der Waals surface area contributed by atoms with E-state index in [2.05, 4.69) is 30.9 Å². The Labute approximate surface area is 114 Å². The molecule has 0 aromatic carbocycles. The molecule has 94 valence electrons. The van der Waals surface area contributed by atoms with E-state index < -0.39 is 0 Å². The first-order chi connectivity index (χ1) is 8.75. The summed E-state index contributed by atoms with van der Waals surface area (Å²) >= 11 is 3.31. The van der Waals surface area contributed by atoms with Crippen LogP contribution in [0.1, 0.15) is 12.0 Å². The third kappa shape index (κ3) is 3.66. The number of rotatable bonds is 5. The summed E-state index contributed by atoms with van der Waals surface area (Å²) in [6.45, 7) is 0.581. The molecule has 2 aromatic heterocycles. The van der Waals surface area contributed by atoms with Gasteiger partial charge in [0.15, 0.2) is 0 Å². The van der Waals surface area contributed by atoms with Crippen molar-refractivity contribution in [3.63, 3.8) is 0 Å². The molecular formula is C12H13BrN4O. The third-order valence-corrected chi connectivity index (χ3v) is 2.87. The molecule has 0 unspecified atom stereocenters. The van der Waals surface area contributed by atoms with Crippen LogP contribution in [0.25, 0.3) is 0 Å². The summed E-state index contributed by atoms with van der Waals surface area (Å²) in [5, 5.41) is 0. The fraction of sp³-hybridized carbons (Fsp3) is 0.250. The summed E-state index contributed by atoms with van der Waals surface area (Å²) in [5.74, 6) is 0.694. The summed E-state index contributed by atoms with van der Waals surface area (Å²) in [6, 6.07) is 4.00. The van der Waals surface area contributed by atoms with Gasteiger partial charge in [0.25, 0.3) is 0 Å². The molecule has 6 heteroatoms. The number of hydrogen-bond acceptors (Lipinski definition) is 5. The van der Waals surface area contributed by atoms with Crippen molar-refractivity contribution >= 4 is 21.9 Å². The summed E-state index contributed by atoms with van der Waals surface area (Å²) in [6.07, 6.45) is 7.01. The van der Waals surface area contributed by atoms with Crippen molar-refractivity contribution in [1.82, 2.24) is 15.0 Å². The molecule has 0 saturated carbocycles. The fourth-order valence-electron chi connectivity index (χ4n) is 1.46. The Morgan fingerprint density at radius 3 is 2.83 bits per heavy atom. The standard InChI is InChI=1S/C12H13BrN4O/c13-10-8-16-12(14)17-11(10)18-7-1-2-9-3-5-15-6-4-9/h3-6,8H,1-2,7H2,(H2,14,16,17). The van der Waals surface area contributed by atoms with Crippen molar-refractivity contribution in [3.05, 3.63) is 40.8 Å². The number of nitrogens with zero attached hydrogens (tertiary/aromatic N) is 3. The van der Waals surface area contributed by atoms with Crippen molar-refractivity contribution in [2.45, 2.75) is 12.8 Å². The minimum atomic E-state index is 0.210. The van der Waals surface area contributed by atoms with E-state index in [0.29, 0.717) is 17.0 Å². The van der Waals surface area contributed by atoms with Gasteiger partial charge in [0, 0.05) is 12.4 Å². The maximum absolute atomic E-state index is 5.55. The zero-order valence-corrected chi connectivity index (χ0v) is 11.3. The van der Waals surface area contributed by atoms with E-state index in [1.165, 1.54) is 5.56 Å². The molecule has 0 bridgehead atoms. The lowest BCUT2D eigenvalue weighted by atomic mass is 10.1. The number of pyridine rings is 1. The number of halogens is 1. The van der Waals surface area contributed by atoms with Gasteiger partial charge >= 0.3 is 0 Å². The van der Waals surface area contributed by atoms with E-state index in [4.69, 9.17) is 10.5 Å². The maximum atomic E-state index is 5.55. The number of hydrogen-bond donors (Lipinski definition) is 1. The van der Waals surface area contributed by atoms with Crippen LogP contribution >= 0.6 is 15.9 Å². The van der Waals surface area contributed by atoms with Crippen LogP contribution in [0.3, 0.4) is 0 Å². The second-order valence-corrected chi connectivity index (χ2v) is 4.54. The lowest BCUT2D eigenvalue weighted by Crippen LogP contribution is -2.04. The van der Waals surface area contributed by atoms with Crippen molar-refractivity contribution in [1.29, 1.82) is 0 Å². The number of anilines is 1. The van der Waals surface area contributed by atoms with Crippen LogP contribution in [0, 0.1) is 0 Å². The molecular weight excluding hydrogens is 296 g/mol. The topological polar surface area (TPSA) is 73.9 Å². The van der Waals surface area contributed by atoms with E-state index in [1.807, 2.05) is 12.1 Å². The molecule has 0 aliphatic heterocycles. The Hall–Kier alpha value is -1.69. The van der Waals surface area contributed by atoms with Crippen LogP contribution < -0.4 is 10.5 Å². The molecule has 0 spiro atoms. The zero-order chi connectivity index (χ0) is 12.8. The SMILES string of the molecule is Nc1ncc(Br)c(OCCCc2ccncc2)n1. The minimum absolute atomic E-state index is 0.210. The average Bonchev–Trinajstić information content (AvgIpc) is 2.40. The number of ether oxygens (including phenoxy) is 1. The molecule has 18 heavy (non-hydrogen) atoms. The molecule has 0 atom stereocenters. The van der Waals surface area contributed by atoms with Crippen LogP contribution in [-0.4, -0.2) is 21.6 Å². The van der Waals surface area contributed by atoms with Crippen LogP contribution in [0.15, 0.2) is 35.2 Å². The minimum Gasteiger partial charge on any atom is -0.477 e. The molecule has 0 saturated heterocycles. The maximum Gasteiger partial charge on any atom is 0.232 e. The first-order valence-corrected chi connectivity index (χ1v) is 6.35. The van der Waals surface area contributed by atoms with E-state index >= 15 is 0 Å². The first kappa shape index (κ1) is 12.8. The Morgan fingerprint density at radius 2 is 2.06 bits per heavy atom. The number of nitrogens with two attached hydrogens (primary N) is 1. The molecule has 0 fully saturated rings. The first-order valence-electron chi connectivity index (χ1n) is 5.55. The van der Waals surface area contributed by atoms with E-state index in [0.717, 1.165) is 12.8 Å². The van der Waals surface area contributed by atoms with Gasteiger partial charge in [-0.2, -0.15) is 4.98 Å². The molecule has 2 aromatic rings. The molecule has 2 heterocycles. The highest BCUT2D eigenvalue weighted by atomic mass is 79.9. The van der Waals surface area contributed by atoms with Gasteiger partial charge < -0.3 is 10.5 Å². The second kappa shape index (κ2) is 6.30. The highest BCUT2D eigenvalue weighted by Crippen LogP contribution is 2.21. The van der Waals surface area contributed by atoms with E-state index in [1.54, 1.807) is 18.6 Å². The summed E-state index contributed by atoms with van der Waals surface area (Å²) < 4.78 is 6.25. The van der Waals surface area contributed by atoms with Gasteiger partial charge in [-0.3, -0.25) is 4.98 Å². The predicted octanol–water partition coefficient (Wildman–Crippen LogP) is 2.23. The lowest BCUT2D eigenvalue weighted by molar-refractivity contribution is 0.297. The molecule has 0 amide bonds. The van der Waals surface area contributed by atoms with Gasteiger partial charge in [0.05, 0.1) is 17.3 Å². The second-order valence-electron chi connectivity index (χ2n) is 3.69. The largest absolute Gasteiger partial charge is 0.477 e. The van der Waals surface area contributed by atoms with Crippen LogP contribution in [-0.2, 0) is 6.42 Å². The van der Waals surface area contributed by atoms with Gasteiger partial charge in [0.2, 0.25) is 11.8 Å². The summed E-state index contributed by atoms with van der Waals surface area (Å²) in [4.78, 5) is 11.8. The van der Waals surface area contributed by atoms with Crippen molar-refractivity contribution in [3.8, 4) is 5.88 Å². The quantitative estimate of drug-likeness (QED) is 0.857. The monoisotopic (exact) mass is 308 g/mol. The molecule has 0 radical (unpaired) electrons. The molecule has 2 rings (SSSR count). The van der Waals surface area contributed by atoms with Crippen LogP contribution in [0.2, 0.25) is 0 Å². The summed E-state index contributed by atoms with van der Waals surface area (Å²) in [5.41, 5.74) is 6.74. The Bertz CT molecular complexity index is 507. The summed E-state index contributed by atoms with van der Waals surface area (Å²) in [7, 11) is 0. The van der Waals surface area contributed by atoms with Gasteiger partial charge in [-0.15, -0.1) is 0 Å². The molecule has 2 N–H and O–H groups in total. The zero-order valence-electron chi connectivity index (χ0n) is 9.71. The van der Waals surface area contributed by atoms with Gasteiger partial charge in [-0.25, -0.2) is 4.98 Å². The van der Waals surface area contributed by atoms with Crippen LogP contribution in [0.5, 0.6) is 5.88 Å². The van der Waals surface area contributed by atoms with Crippen molar-refractivity contribution in [2.75, 3.05) is 12.3 Å². The number of nitrogen functional groups attached to an aromatic ring is 1. The predicted molar refractivity (Wildman–Crippen MR) is 72.2 cm³/mol. The average molecular weight is 309 g/mol. The smallest absolute Gasteiger partial charge is 0.232 e. The number of aromatic nitrogens is 3. The van der Waals surface area contributed by atoms with Gasteiger partial charge in [-0.1, -0.05) is 0 Å². The normalized spacial score (nSPS) is 10.3. The highest BCUT2D eigenvalue weighted by molar-refractivity contribution is 9.10. The highest BCUT2D eigenvalue weighted by Gasteiger charge is 2.04. The fourth-order valence-corrected chi connectivity index (χ4v) is 1.77. The Kier molecular flexibility index (Phi) is 4.46. The van der Waals surface area contributed by atoms with E-state index in [-0.39, 0.29) is 5.95 Å². The van der Waals surface area contributed by atoms with Gasteiger partial charge in [0.1, 0.15) is 0 Å². The molecule has 0 aliphatic carbocycles. The van der Waals surface area contributed by atoms with Crippen molar-refractivity contribution in [2.24, 2.45) is 0 Å². The molecule has 5 nitrogen and oxygen atoms in total. The van der Waals surface area contributed by atoms with Gasteiger partial charge in [-0.05, 0) is 46.5 Å². The van der Waals surface area contributed by atoms with Crippen LogP contribution in [0.4, 0.5) is 5.95 Å². The Balaban J connectivity index is 1.80. The van der Waals surface area contributed by atoms with Crippen molar-refractivity contribution < 1.29 is 4.74 Å².